The van der Waals surface area contributed by atoms with Crippen molar-refractivity contribution in [1.82, 2.24) is 16.0 Å². The maximum absolute atomic E-state index is 12.7. The van der Waals surface area contributed by atoms with Gasteiger partial charge in [0.05, 0.1) is 0 Å². The number of alkyl carbamates (subject to hydrolysis) is 1. The van der Waals surface area contributed by atoms with Crippen molar-refractivity contribution in [3.05, 3.63) is 29.8 Å². The van der Waals surface area contributed by atoms with Crippen LogP contribution in [0.3, 0.4) is 0 Å². The van der Waals surface area contributed by atoms with Crippen LogP contribution in [0.1, 0.15) is 38.7 Å². The minimum absolute atomic E-state index is 0.106. The summed E-state index contributed by atoms with van der Waals surface area (Å²) in [7, 11) is 1.47. The molecule has 1 rings (SSSR count). The van der Waals surface area contributed by atoms with Gasteiger partial charge in [0, 0.05) is 25.7 Å². The van der Waals surface area contributed by atoms with E-state index in [4.69, 9.17) is 10.5 Å². The molecule has 0 heterocycles. The molecule has 0 spiro atoms. The van der Waals surface area contributed by atoms with Crippen LogP contribution < -0.4 is 27.0 Å². The van der Waals surface area contributed by atoms with Gasteiger partial charge in [-0.15, -0.1) is 0 Å². The molecule has 1 aromatic carbocycles. The third-order valence-electron chi connectivity index (χ3n) is 4.01. The van der Waals surface area contributed by atoms with Crippen molar-refractivity contribution in [3.8, 4) is 0 Å². The molecule has 0 saturated carbocycles. The zero-order valence-electron chi connectivity index (χ0n) is 17.6. The number of hydrogen-bond donors (Lipinski definition) is 5. The molecule has 0 aromatic heterocycles. The van der Waals surface area contributed by atoms with Crippen LogP contribution in [0.5, 0.6) is 0 Å². The Balaban J connectivity index is 2.68. The molecule has 5 amide bonds. The van der Waals surface area contributed by atoms with Gasteiger partial charge in [0.1, 0.15) is 12.6 Å². The number of rotatable bonds is 11. The quantitative estimate of drug-likeness (QED) is 0.343. The molecular formula is C20H31N5O5. The van der Waals surface area contributed by atoms with Crippen molar-refractivity contribution in [2.24, 2.45) is 11.7 Å². The number of anilines is 1. The van der Waals surface area contributed by atoms with Crippen molar-refractivity contribution in [1.29, 1.82) is 0 Å². The van der Waals surface area contributed by atoms with E-state index in [1.54, 1.807) is 24.3 Å². The lowest BCUT2D eigenvalue weighted by Gasteiger charge is -2.19. The first-order valence-electron chi connectivity index (χ1n) is 9.78. The molecule has 10 nitrogen and oxygen atoms in total. The van der Waals surface area contributed by atoms with Crippen molar-refractivity contribution >= 4 is 29.6 Å². The number of benzene rings is 1. The van der Waals surface area contributed by atoms with Gasteiger partial charge in [-0.3, -0.25) is 9.59 Å². The van der Waals surface area contributed by atoms with Gasteiger partial charge in [0.15, 0.2) is 0 Å². The van der Waals surface area contributed by atoms with E-state index >= 15 is 0 Å². The number of ether oxygens (including phenoxy) is 1. The van der Waals surface area contributed by atoms with Gasteiger partial charge in [-0.1, -0.05) is 26.0 Å². The summed E-state index contributed by atoms with van der Waals surface area (Å²) >= 11 is 0. The van der Waals surface area contributed by atoms with Crippen molar-refractivity contribution in [2.75, 3.05) is 18.9 Å². The highest BCUT2D eigenvalue weighted by molar-refractivity contribution is 5.97. The fourth-order valence-corrected chi connectivity index (χ4v) is 2.55. The van der Waals surface area contributed by atoms with E-state index in [0.717, 1.165) is 5.56 Å². The van der Waals surface area contributed by atoms with E-state index in [1.807, 2.05) is 13.8 Å². The maximum atomic E-state index is 12.7. The first-order valence-corrected chi connectivity index (χ1v) is 9.78. The Morgan fingerprint density at radius 1 is 1.10 bits per heavy atom. The molecular weight excluding hydrogens is 390 g/mol. The molecule has 30 heavy (non-hydrogen) atoms. The lowest BCUT2D eigenvalue weighted by Crippen LogP contribution is -2.44. The third-order valence-corrected chi connectivity index (χ3v) is 4.01. The third kappa shape index (κ3) is 10.3. The largest absolute Gasteiger partial charge is 0.445 e. The fourth-order valence-electron chi connectivity index (χ4n) is 2.55. The van der Waals surface area contributed by atoms with Crippen LogP contribution in [0.15, 0.2) is 24.3 Å². The number of nitrogens with two attached hydrogens (primary N) is 1. The molecule has 166 valence electrons. The zero-order chi connectivity index (χ0) is 22.5. The first kappa shape index (κ1) is 24.7. The Morgan fingerprint density at radius 3 is 2.33 bits per heavy atom. The molecule has 0 fully saturated rings. The Labute approximate surface area is 176 Å². The van der Waals surface area contributed by atoms with Gasteiger partial charge in [0.25, 0.3) is 0 Å². The van der Waals surface area contributed by atoms with Crippen LogP contribution in [0.25, 0.3) is 0 Å². The average Bonchev–Trinajstić information content (AvgIpc) is 2.68. The smallest absolute Gasteiger partial charge is 0.407 e. The molecule has 10 heteroatoms. The molecule has 6 N–H and O–H groups in total. The van der Waals surface area contributed by atoms with Crippen LogP contribution in [-0.4, -0.2) is 43.6 Å². The zero-order valence-corrected chi connectivity index (χ0v) is 17.6. The topological polar surface area (TPSA) is 152 Å². The number of urea groups is 1. The molecule has 0 aliphatic heterocycles. The summed E-state index contributed by atoms with van der Waals surface area (Å²) in [6.45, 7) is 4.25. The summed E-state index contributed by atoms with van der Waals surface area (Å²) in [6.07, 6.45) is 0.592. The molecule has 0 radical (unpaired) electrons. The number of amides is 5. The number of nitrogens with one attached hydrogen (secondary N) is 4. The highest BCUT2D eigenvalue weighted by Crippen LogP contribution is 2.12. The molecule has 0 bridgehead atoms. The highest BCUT2D eigenvalue weighted by Gasteiger charge is 2.21. The minimum atomic E-state index is -0.748. The Morgan fingerprint density at radius 2 is 1.77 bits per heavy atom. The average molecular weight is 421 g/mol. The van der Waals surface area contributed by atoms with E-state index < -0.39 is 18.2 Å². The van der Waals surface area contributed by atoms with Crippen molar-refractivity contribution < 1.29 is 23.9 Å². The van der Waals surface area contributed by atoms with Gasteiger partial charge in [-0.25, -0.2) is 9.59 Å². The second kappa shape index (κ2) is 13.0. The molecule has 0 unspecified atom stereocenters. The lowest BCUT2D eigenvalue weighted by atomic mass is 10.1. The van der Waals surface area contributed by atoms with Gasteiger partial charge in [0.2, 0.25) is 11.8 Å². The second-order valence-corrected chi connectivity index (χ2v) is 7.16. The van der Waals surface area contributed by atoms with Gasteiger partial charge < -0.3 is 31.7 Å². The van der Waals surface area contributed by atoms with Crippen LogP contribution in [0.2, 0.25) is 0 Å². The Hall–Kier alpha value is -3.30. The lowest BCUT2D eigenvalue weighted by molar-refractivity contribution is -0.127. The number of carbonyl (C=O) groups is 4. The van der Waals surface area contributed by atoms with E-state index in [1.165, 1.54) is 7.05 Å². The summed E-state index contributed by atoms with van der Waals surface area (Å²) in [5, 5.41) is 10.3. The first-order chi connectivity index (χ1) is 14.2. The highest BCUT2D eigenvalue weighted by atomic mass is 16.5. The normalized spacial score (nSPS) is 11.3. The SMILES string of the molecule is CNC(=O)OCc1ccc(NC(=O)[C@H](CCCNC(N)=O)NC(=O)CC(C)C)cc1. The molecule has 0 saturated heterocycles. The Bertz CT molecular complexity index is 721. The van der Waals surface area contributed by atoms with Gasteiger partial charge in [-0.2, -0.15) is 0 Å². The molecule has 1 atom stereocenters. The van der Waals surface area contributed by atoms with Crippen LogP contribution >= 0.6 is 0 Å². The second-order valence-electron chi connectivity index (χ2n) is 7.16. The molecule has 0 aliphatic carbocycles. The van der Waals surface area contributed by atoms with Crippen molar-refractivity contribution in [3.63, 3.8) is 0 Å². The number of hydrogen-bond acceptors (Lipinski definition) is 5. The van der Waals surface area contributed by atoms with Crippen molar-refractivity contribution in [2.45, 2.75) is 45.8 Å². The summed E-state index contributed by atoms with van der Waals surface area (Å²) in [6, 6.07) is 5.43. The standard InChI is InChI=1S/C20H31N5O5/c1-13(2)11-17(26)25-16(5-4-10-23-19(21)28)18(27)24-15-8-6-14(7-9-15)12-30-20(29)22-3/h6-9,13,16H,4-5,10-12H2,1-3H3,(H,22,29)(H,24,27)(H,25,26)(H3,21,23,28)/t16-/m0/s1. The predicted octanol–water partition coefficient (Wildman–Crippen LogP) is 1.46. The summed E-state index contributed by atoms with van der Waals surface area (Å²) in [5.41, 5.74) is 6.34. The number of carbonyl (C=O) groups excluding carboxylic acids is 4. The number of primary amides is 1. The summed E-state index contributed by atoms with van der Waals surface area (Å²) in [5.74, 6) is -0.412. The Kier molecular flexibility index (Phi) is 10.7. The molecule has 1 aromatic rings. The fraction of sp³-hybridized carbons (Fsp3) is 0.500. The predicted molar refractivity (Wildman–Crippen MR) is 113 cm³/mol. The van der Waals surface area contributed by atoms with Crippen LogP contribution in [0, 0.1) is 5.92 Å². The van der Waals surface area contributed by atoms with Crippen LogP contribution in [0.4, 0.5) is 15.3 Å². The monoisotopic (exact) mass is 421 g/mol. The summed E-state index contributed by atoms with van der Waals surface area (Å²) in [4.78, 5) is 46.7. The van der Waals surface area contributed by atoms with E-state index in [0.29, 0.717) is 31.5 Å². The van der Waals surface area contributed by atoms with Crippen LogP contribution in [-0.2, 0) is 20.9 Å². The molecule has 0 aliphatic rings. The van der Waals surface area contributed by atoms with Gasteiger partial charge >= 0.3 is 12.1 Å². The van der Waals surface area contributed by atoms with E-state index in [2.05, 4.69) is 21.3 Å². The van der Waals surface area contributed by atoms with E-state index in [-0.39, 0.29) is 24.3 Å². The maximum Gasteiger partial charge on any atom is 0.407 e. The van der Waals surface area contributed by atoms with Gasteiger partial charge in [-0.05, 0) is 36.5 Å². The van der Waals surface area contributed by atoms with E-state index in [9.17, 15) is 19.2 Å². The summed E-state index contributed by atoms with van der Waals surface area (Å²) < 4.78 is 4.96. The minimum Gasteiger partial charge on any atom is -0.445 e.